The van der Waals surface area contributed by atoms with Crippen molar-refractivity contribution in [2.45, 2.75) is 6.92 Å². The zero-order chi connectivity index (χ0) is 28.9. The highest BCUT2D eigenvalue weighted by Gasteiger charge is 2.22. The second-order valence-corrected chi connectivity index (χ2v) is 11.1. The van der Waals surface area contributed by atoms with Crippen molar-refractivity contribution >= 4 is 32.8 Å². The van der Waals surface area contributed by atoms with Crippen LogP contribution >= 0.6 is 0 Å². The fourth-order valence-corrected chi connectivity index (χ4v) is 6.24. The van der Waals surface area contributed by atoms with Gasteiger partial charge in [0.2, 0.25) is 11.2 Å². The second-order valence-electron chi connectivity index (χ2n) is 11.1. The Kier molecular flexibility index (Phi) is 5.90. The number of para-hydroxylation sites is 1. The van der Waals surface area contributed by atoms with Gasteiger partial charge < -0.3 is 4.42 Å². The summed E-state index contributed by atoms with van der Waals surface area (Å²) < 4.78 is 9.00. The van der Waals surface area contributed by atoms with E-state index in [1.54, 1.807) is 0 Å². The molecule has 8 aromatic rings. The highest BCUT2D eigenvalue weighted by Crippen LogP contribution is 2.39. The summed E-state index contributed by atoms with van der Waals surface area (Å²) in [5, 5.41) is 3.44. The van der Waals surface area contributed by atoms with E-state index in [0.717, 1.165) is 66.8 Å². The molecule has 0 radical (unpaired) electrons. The zero-order valence-electron chi connectivity index (χ0n) is 24.1. The maximum Gasteiger partial charge on any atom is 0.216 e. The molecule has 0 atom stereocenters. The van der Waals surface area contributed by atoms with E-state index in [-0.39, 0.29) is 0 Å². The van der Waals surface area contributed by atoms with Crippen LogP contribution in [-0.4, -0.2) is 4.98 Å². The minimum Gasteiger partial charge on any atom is -0.455 e. The summed E-state index contributed by atoms with van der Waals surface area (Å²) in [5.74, 6) is 0. The molecule has 43 heavy (non-hydrogen) atoms. The van der Waals surface area contributed by atoms with Gasteiger partial charge in [-0.1, -0.05) is 91.0 Å². The Bertz CT molecular complexity index is 2240. The van der Waals surface area contributed by atoms with Gasteiger partial charge in [-0.15, -0.1) is 0 Å². The molecule has 0 aliphatic rings. The average Bonchev–Trinajstić information content (AvgIpc) is 3.44. The average molecular weight is 554 g/mol. The monoisotopic (exact) mass is 553 g/mol. The van der Waals surface area contributed by atoms with Crippen LogP contribution in [0, 0.1) is 6.92 Å². The Morgan fingerprint density at radius 2 is 1.23 bits per heavy atom. The molecule has 3 aromatic heterocycles. The number of rotatable bonds is 4. The van der Waals surface area contributed by atoms with Crippen molar-refractivity contribution in [1.29, 1.82) is 0 Å². The molecule has 0 aliphatic heterocycles. The molecule has 5 aromatic carbocycles. The first-order valence-electron chi connectivity index (χ1n) is 14.6. The van der Waals surface area contributed by atoms with Crippen molar-refractivity contribution < 1.29 is 8.98 Å². The van der Waals surface area contributed by atoms with Crippen molar-refractivity contribution in [3.05, 3.63) is 145 Å². The molecule has 0 spiro atoms. The van der Waals surface area contributed by atoms with Gasteiger partial charge >= 0.3 is 0 Å². The van der Waals surface area contributed by atoms with E-state index in [4.69, 9.17) is 9.40 Å². The van der Waals surface area contributed by atoms with E-state index < -0.39 is 0 Å². The molecule has 0 saturated heterocycles. The minimum atomic E-state index is 0.857. The normalized spacial score (nSPS) is 11.5. The maximum atomic E-state index is 6.74. The maximum absolute atomic E-state index is 6.74. The molecule has 0 fully saturated rings. The summed E-state index contributed by atoms with van der Waals surface area (Å²) in [6.45, 7) is 2.16. The molecular weight excluding hydrogens is 524 g/mol. The van der Waals surface area contributed by atoms with Gasteiger partial charge in [0.1, 0.15) is 18.2 Å². The fourth-order valence-electron chi connectivity index (χ4n) is 6.24. The topological polar surface area (TPSA) is 29.9 Å². The third-order valence-corrected chi connectivity index (χ3v) is 8.48. The summed E-state index contributed by atoms with van der Waals surface area (Å²) >= 11 is 0. The summed E-state index contributed by atoms with van der Waals surface area (Å²) in [4.78, 5) is 5.13. The van der Waals surface area contributed by atoms with Gasteiger partial charge in [-0.2, -0.15) is 4.57 Å². The number of hydrogen-bond donors (Lipinski definition) is 0. The van der Waals surface area contributed by atoms with Crippen LogP contribution < -0.4 is 4.57 Å². The zero-order valence-corrected chi connectivity index (χ0v) is 24.1. The lowest BCUT2D eigenvalue weighted by atomic mass is 9.98. The predicted octanol–water partition coefficient (Wildman–Crippen LogP) is 9.94. The number of nitrogens with zero attached hydrogens (tertiary/aromatic N) is 2. The minimum absolute atomic E-state index is 0.857. The summed E-state index contributed by atoms with van der Waals surface area (Å²) in [6, 6.07) is 49.0. The summed E-state index contributed by atoms with van der Waals surface area (Å²) in [7, 11) is 2.13. The molecule has 3 heterocycles. The predicted molar refractivity (Wildman–Crippen MR) is 177 cm³/mol. The van der Waals surface area contributed by atoms with Crippen LogP contribution in [0.1, 0.15) is 5.56 Å². The Balaban J connectivity index is 1.32. The Hall–Kier alpha value is -5.54. The third-order valence-electron chi connectivity index (χ3n) is 8.48. The van der Waals surface area contributed by atoms with E-state index >= 15 is 0 Å². The van der Waals surface area contributed by atoms with Crippen molar-refractivity contribution in [1.82, 2.24) is 4.98 Å². The van der Waals surface area contributed by atoms with Gasteiger partial charge in [0.05, 0.1) is 17.0 Å². The van der Waals surface area contributed by atoms with Crippen LogP contribution in [0.15, 0.2) is 144 Å². The first-order chi connectivity index (χ1) is 21.1. The first kappa shape index (κ1) is 25.2. The van der Waals surface area contributed by atoms with E-state index in [0.29, 0.717) is 0 Å². The highest BCUT2D eigenvalue weighted by molar-refractivity contribution is 6.10. The number of furan rings is 1. The number of fused-ring (bicyclic) bond motifs is 4. The lowest BCUT2D eigenvalue weighted by Crippen LogP contribution is -2.32. The molecule has 3 heteroatoms. The molecule has 3 nitrogen and oxygen atoms in total. The standard InChI is InChI=1S/C40H29N2O/c1-26-17-20-33-32-21-18-30(25-38(32)43-40(33)39(26)37-22-19-29-15-9-10-16-36(29)42(37)2)35-24-31(27-11-5-3-6-12-27)23-34(41-35)28-13-7-4-8-14-28/h3-25H,1-2H3/q+1. The van der Waals surface area contributed by atoms with Crippen molar-refractivity contribution in [3.8, 4) is 44.9 Å². The molecule has 0 saturated carbocycles. The lowest BCUT2D eigenvalue weighted by molar-refractivity contribution is -0.633. The second kappa shape index (κ2) is 10.1. The van der Waals surface area contributed by atoms with E-state index in [1.807, 2.05) is 12.1 Å². The highest BCUT2D eigenvalue weighted by atomic mass is 16.3. The Morgan fingerprint density at radius 3 is 2.02 bits per heavy atom. The quantitative estimate of drug-likeness (QED) is 0.203. The van der Waals surface area contributed by atoms with E-state index in [9.17, 15) is 0 Å². The Labute approximate surface area is 250 Å². The van der Waals surface area contributed by atoms with Crippen LogP contribution in [0.3, 0.4) is 0 Å². The number of aromatic nitrogens is 2. The van der Waals surface area contributed by atoms with Crippen molar-refractivity contribution in [3.63, 3.8) is 0 Å². The first-order valence-corrected chi connectivity index (χ1v) is 14.6. The van der Waals surface area contributed by atoms with Gasteiger partial charge in [-0.3, -0.25) is 0 Å². The summed E-state index contributed by atoms with van der Waals surface area (Å²) in [5.41, 5.74) is 12.7. The molecule has 204 valence electrons. The number of pyridine rings is 2. The van der Waals surface area contributed by atoms with Crippen LogP contribution in [-0.2, 0) is 7.05 Å². The van der Waals surface area contributed by atoms with Crippen LogP contribution in [0.25, 0.3) is 77.7 Å². The largest absolute Gasteiger partial charge is 0.455 e. The number of benzene rings is 5. The van der Waals surface area contributed by atoms with Crippen molar-refractivity contribution in [2.24, 2.45) is 7.05 Å². The van der Waals surface area contributed by atoms with E-state index in [1.165, 1.54) is 16.5 Å². The van der Waals surface area contributed by atoms with E-state index in [2.05, 4.69) is 146 Å². The third kappa shape index (κ3) is 4.29. The van der Waals surface area contributed by atoms with Crippen LogP contribution in [0.2, 0.25) is 0 Å². The number of hydrogen-bond acceptors (Lipinski definition) is 2. The van der Waals surface area contributed by atoms with Crippen LogP contribution in [0.5, 0.6) is 0 Å². The summed E-state index contributed by atoms with van der Waals surface area (Å²) in [6.07, 6.45) is 0. The molecule has 0 bridgehead atoms. The lowest BCUT2D eigenvalue weighted by Gasteiger charge is -2.10. The van der Waals surface area contributed by atoms with Crippen LogP contribution in [0.4, 0.5) is 0 Å². The van der Waals surface area contributed by atoms with Gasteiger partial charge in [-0.05, 0) is 60.0 Å². The molecule has 0 aliphatic carbocycles. The molecule has 0 unspecified atom stereocenters. The fraction of sp³-hybridized carbons (Fsp3) is 0.0500. The van der Waals surface area contributed by atoms with Gasteiger partial charge in [0.15, 0.2) is 0 Å². The Morgan fingerprint density at radius 1 is 0.558 bits per heavy atom. The molecular formula is C40H29N2O+. The SMILES string of the molecule is Cc1ccc2c(oc3cc(-c4cc(-c5ccccc5)cc(-c5ccccc5)n4)ccc32)c1-c1ccc2ccccc2[n+]1C. The van der Waals surface area contributed by atoms with Gasteiger partial charge in [0.25, 0.3) is 0 Å². The van der Waals surface area contributed by atoms with Gasteiger partial charge in [0, 0.05) is 39.4 Å². The smallest absolute Gasteiger partial charge is 0.216 e. The molecule has 8 rings (SSSR count). The number of aryl methyl sites for hydroxylation is 2. The molecule has 0 amide bonds. The molecule has 0 N–H and O–H groups in total. The van der Waals surface area contributed by atoms with Gasteiger partial charge in [-0.25, -0.2) is 4.98 Å². The van der Waals surface area contributed by atoms with Crippen molar-refractivity contribution in [2.75, 3.05) is 0 Å².